The monoisotopic (exact) mass is 445 g/mol. The van der Waals surface area contributed by atoms with E-state index >= 15 is 0 Å². The maximum Gasteiger partial charge on any atom is 0.270 e. The van der Waals surface area contributed by atoms with Crippen molar-refractivity contribution in [2.75, 3.05) is 19.9 Å². The molecule has 1 amide bonds. The Morgan fingerprint density at radius 3 is 2.97 bits per heavy atom. The molecule has 0 spiro atoms. The number of aromatic nitrogens is 2. The molecule has 8 heteroatoms. The molecule has 3 aromatic rings. The number of aromatic amines is 1. The van der Waals surface area contributed by atoms with Gasteiger partial charge in [-0.1, -0.05) is 24.0 Å². The van der Waals surface area contributed by atoms with Crippen LogP contribution >= 0.6 is 0 Å². The topological polar surface area (TPSA) is 94.7 Å². The lowest BCUT2D eigenvalue weighted by Gasteiger charge is -2.17. The number of rotatable bonds is 5. The Kier molecular flexibility index (Phi) is 5.31. The number of nitrogens with one attached hydrogen (secondary N) is 2. The van der Waals surface area contributed by atoms with Gasteiger partial charge in [0, 0.05) is 17.5 Å². The van der Waals surface area contributed by atoms with Crippen molar-refractivity contribution in [3.8, 4) is 46.1 Å². The van der Waals surface area contributed by atoms with Crippen molar-refractivity contribution in [1.29, 1.82) is 0 Å². The molecule has 2 aromatic carbocycles. The predicted molar refractivity (Wildman–Crippen MR) is 121 cm³/mol. The molecule has 33 heavy (non-hydrogen) atoms. The SMILES string of the molecule is CC1(C)Cc2cccc(OCC#CCNC(=O)c3cc(-c4ccc5c(c4)OCO5)n[nH]3)c2O1. The molecule has 168 valence electrons. The average Bonchev–Trinajstić information content (AvgIpc) is 3.52. The van der Waals surface area contributed by atoms with Crippen LogP contribution in [0.5, 0.6) is 23.0 Å². The highest BCUT2D eigenvalue weighted by Crippen LogP contribution is 2.41. The largest absolute Gasteiger partial charge is 0.483 e. The summed E-state index contributed by atoms with van der Waals surface area (Å²) in [5, 5.41) is 9.72. The van der Waals surface area contributed by atoms with Crippen molar-refractivity contribution >= 4 is 5.91 Å². The number of carbonyl (C=O) groups excluding carboxylic acids is 1. The number of para-hydroxylation sites is 1. The molecule has 2 aliphatic heterocycles. The summed E-state index contributed by atoms with van der Waals surface area (Å²) >= 11 is 0. The van der Waals surface area contributed by atoms with Gasteiger partial charge in [0.2, 0.25) is 6.79 Å². The van der Waals surface area contributed by atoms with Crippen molar-refractivity contribution in [1.82, 2.24) is 15.5 Å². The zero-order chi connectivity index (χ0) is 22.8. The van der Waals surface area contributed by atoms with Gasteiger partial charge in [0.1, 0.15) is 17.9 Å². The van der Waals surface area contributed by atoms with Crippen LogP contribution in [0, 0.1) is 11.8 Å². The minimum atomic E-state index is -0.291. The van der Waals surface area contributed by atoms with Crippen LogP contribution in [0.25, 0.3) is 11.3 Å². The smallest absolute Gasteiger partial charge is 0.270 e. The van der Waals surface area contributed by atoms with Crippen LogP contribution in [-0.2, 0) is 6.42 Å². The Bertz CT molecular complexity index is 1270. The average molecular weight is 445 g/mol. The number of benzene rings is 2. The van der Waals surface area contributed by atoms with Crippen LogP contribution in [0.4, 0.5) is 0 Å². The van der Waals surface area contributed by atoms with Gasteiger partial charge in [-0.15, -0.1) is 0 Å². The molecule has 0 radical (unpaired) electrons. The van der Waals surface area contributed by atoms with Crippen LogP contribution in [0.1, 0.15) is 29.9 Å². The Hall–Kier alpha value is -4.12. The van der Waals surface area contributed by atoms with E-state index in [0.717, 1.165) is 23.3 Å². The molecular formula is C25H23N3O5. The van der Waals surface area contributed by atoms with Gasteiger partial charge in [-0.3, -0.25) is 9.89 Å². The van der Waals surface area contributed by atoms with E-state index in [2.05, 4.69) is 41.2 Å². The third-order valence-corrected chi connectivity index (χ3v) is 5.31. The van der Waals surface area contributed by atoms with E-state index in [-0.39, 0.29) is 31.5 Å². The molecule has 8 nitrogen and oxygen atoms in total. The lowest BCUT2D eigenvalue weighted by atomic mass is 10.0. The number of ether oxygens (including phenoxy) is 4. The number of fused-ring (bicyclic) bond motifs is 2. The second kappa shape index (κ2) is 8.43. The van der Waals surface area contributed by atoms with E-state index in [1.165, 1.54) is 0 Å². The molecule has 0 saturated carbocycles. The standard InChI is InChI=1S/C25H23N3O5/c1-25(2)14-17-6-5-7-21(23(17)33-25)30-11-4-3-10-26-24(29)19-13-18(27-28-19)16-8-9-20-22(12-16)32-15-31-20/h5-9,12-13H,10-11,14-15H2,1-2H3,(H,26,29)(H,27,28). The highest BCUT2D eigenvalue weighted by Gasteiger charge is 2.32. The molecular weight excluding hydrogens is 422 g/mol. The summed E-state index contributed by atoms with van der Waals surface area (Å²) in [6.07, 6.45) is 0.848. The molecule has 1 aromatic heterocycles. The van der Waals surface area contributed by atoms with Crippen molar-refractivity contribution < 1.29 is 23.7 Å². The van der Waals surface area contributed by atoms with Gasteiger partial charge in [0.25, 0.3) is 5.91 Å². The van der Waals surface area contributed by atoms with Crippen LogP contribution in [0.2, 0.25) is 0 Å². The van der Waals surface area contributed by atoms with E-state index in [1.807, 2.05) is 36.4 Å². The van der Waals surface area contributed by atoms with E-state index in [1.54, 1.807) is 6.07 Å². The fourth-order valence-corrected chi connectivity index (χ4v) is 3.79. The summed E-state index contributed by atoms with van der Waals surface area (Å²) in [6, 6.07) is 13.1. The first-order valence-corrected chi connectivity index (χ1v) is 10.6. The zero-order valence-electron chi connectivity index (χ0n) is 18.4. The molecule has 3 heterocycles. The molecule has 0 saturated heterocycles. The van der Waals surface area contributed by atoms with Crippen molar-refractivity contribution in [2.24, 2.45) is 0 Å². The van der Waals surface area contributed by atoms with Crippen LogP contribution in [0.15, 0.2) is 42.5 Å². The molecule has 0 unspecified atom stereocenters. The lowest BCUT2D eigenvalue weighted by molar-refractivity contribution is 0.0953. The normalized spacial score (nSPS) is 14.6. The van der Waals surface area contributed by atoms with Gasteiger partial charge < -0.3 is 24.3 Å². The molecule has 2 N–H and O–H groups in total. The summed E-state index contributed by atoms with van der Waals surface area (Å²) in [7, 11) is 0. The highest BCUT2D eigenvalue weighted by atomic mass is 16.7. The van der Waals surface area contributed by atoms with Gasteiger partial charge in [-0.25, -0.2) is 0 Å². The van der Waals surface area contributed by atoms with Crippen LogP contribution in [-0.4, -0.2) is 41.7 Å². The van der Waals surface area contributed by atoms with Crippen LogP contribution in [0.3, 0.4) is 0 Å². The van der Waals surface area contributed by atoms with Crippen molar-refractivity contribution in [3.63, 3.8) is 0 Å². The van der Waals surface area contributed by atoms with E-state index < -0.39 is 0 Å². The Labute approximate surface area is 191 Å². The Morgan fingerprint density at radius 2 is 2.06 bits per heavy atom. The van der Waals surface area contributed by atoms with Gasteiger partial charge in [-0.2, -0.15) is 5.10 Å². The molecule has 5 rings (SSSR count). The van der Waals surface area contributed by atoms with E-state index in [9.17, 15) is 4.79 Å². The number of amides is 1. The second-order valence-electron chi connectivity index (χ2n) is 8.34. The minimum absolute atomic E-state index is 0.191. The molecule has 0 fully saturated rings. The predicted octanol–water partition coefficient (Wildman–Crippen LogP) is 3.33. The van der Waals surface area contributed by atoms with Gasteiger partial charge in [0.15, 0.2) is 23.0 Å². The van der Waals surface area contributed by atoms with Crippen molar-refractivity contribution in [3.05, 3.63) is 53.7 Å². The van der Waals surface area contributed by atoms with Gasteiger partial charge >= 0.3 is 0 Å². The summed E-state index contributed by atoms with van der Waals surface area (Å²) in [5.41, 5.74) is 2.72. The number of nitrogens with zero attached hydrogens (tertiary/aromatic N) is 1. The van der Waals surface area contributed by atoms with Crippen molar-refractivity contribution in [2.45, 2.75) is 25.9 Å². The Balaban J connectivity index is 1.12. The molecule has 2 aliphatic rings. The first-order chi connectivity index (χ1) is 16.0. The first-order valence-electron chi connectivity index (χ1n) is 10.6. The number of carbonyl (C=O) groups is 1. The second-order valence-corrected chi connectivity index (χ2v) is 8.34. The van der Waals surface area contributed by atoms with Crippen LogP contribution < -0.4 is 24.3 Å². The summed E-state index contributed by atoms with van der Waals surface area (Å²) in [4.78, 5) is 12.4. The number of H-pyrrole nitrogens is 1. The van der Waals surface area contributed by atoms with E-state index in [0.29, 0.717) is 28.6 Å². The molecule has 0 atom stereocenters. The quantitative estimate of drug-likeness (QED) is 0.585. The highest BCUT2D eigenvalue weighted by molar-refractivity contribution is 5.93. The van der Waals surface area contributed by atoms with Gasteiger partial charge in [-0.05, 0) is 44.2 Å². The third kappa shape index (κ3) is 4.44. The molecule has 0 aliphatic carbocycles. The van der Waals surface area contributed by atoms with Gasteiger partial charge in [0.05, 0.1) is 12.2 Å². The number of hydrogen-bond acceptors (Lipinski definition) is 6. The summed E-state index contributed by atoms with van der Waals surface area (Å²) < 4.78 is 22.5. The minimum Gasteiger partial charge on any atom is -0.483 e. The maximum atomic E-state index is 12.4. The lowest BCUT2D eigenvalue weighted by Crippen LogP contribution is -2.24. The summed E-state index contributed by atoms with van der Waals surface area (Å²) in [6.45, 7) is 4.71. The maximum absolute atomic E-state index is 12.4. The fraction of sp³-hybridized carbons (Fsp3) is 0.280. The first kappa shape index (κ1) is 20.8. The third-order valence-electron chi connectivity index (χ3n) is 5.31. The number of hydrogen-bond donors (Lipinski definition) is 2. The Morgan fingerprint density at radius 1 is 1.18 bits per heavy atom. The van der Waals surface area contributed by atoms with E-state index in [4.69, 9.17) is 18.9 Å². The summed E-state index contributed by atoms with van der Waals surface area (Å²) in [5.74, 6) is 8.35. The fourth-order valence-electron chi connectivity index (χ4n) is 3.79. The molecule has 0 bridgehead atoms. The zero-order valence-corrected chi connectivity index (χ0v) is 18.4.